The Bertz CT molecular complexity index is 1100. The van der Waals surface area contributed by atoms with Crippen molar-refractivity contribution in [1.29, 1.82) is 0 Å². The molecular formula is C25H29N5O2S. The summed E-state index contributed by atoms with van der Waals surface area (Å²) in [6.45, 7) is 2.91. The number of hydrogen-bond donors (Lipinski definition) is 0. The molecule has 8 heteroatoms. The molecule has 1 aromatic heterocycles. The van der Waals surface area contributed by atoms with Gasteiger partial charge < -0.3 is 14.5 Å². The molecule has 7 nitrogen and oxygen atoms in total. The molecule has 1 fully saturated rings. The number of hydrogen-bond acceptors (Lipinski definition) is 6. The Kier molecular flexibility index (Phi) is 6.64. The average Bonchev–Trinajstić information content (AvgIpc) is 3.31. The third-order valence-electron chi connectivity index (χ3n) is 6.45. The minimum atomic E-state index is 0.109. The molecule has 1 aliphatic carbocycles. The lowest BCUT2D eigenvalue weighted by molar-refractivity contribution is -0.129. The van der Waals surface area contributed by atoms with Crippen LogP contribution in [0.4, 0.5) is 5.95 Å². The second kappa shape index (κ2) is 9.97. The number of carbonyl (C=O) groups is 1. The van der Waals surface area contributed by atoms with Crippen LogP contribution in [0, 0.1) is 0 Å². The largest absolute Gasteiger partial charge is 0.378 e. The Morgan fingerprint density at radius 1 is 1.09 bits per heavy atom. The first-order valence-corrected chi connectivity index (χ1v) is 12.5. The van der Waals surface area contributed by atoms with Crippen molar-refractivity contribution in [2.75, 3.05) is 44.0 Å². The number of fused-ring (bicyclic) bond motifs is 1. The Labute approximate surface area is 198 Å². The highest BCUT2D eigenvalue weighted by Crippen LogP contribution is 2.34. The predicted molar refractivity (Wildman–Crippen MR) is 130 cm³/mol. The van der Waals surface area contributed by atoms with Gasteiger partial charge in [0.15, 0.2) is 5.16 Å². The van der Waals surface area contributed by atoms with Gasteiger partial charge >= 0.3 is 0 Å². The summed E-state index contributed by atoms with van der Waals surface area (Å²) in [5.41, 5.74) is 3.64. The van der Waals surface area contributed by atoms with Crippen LogP contribution in [-0.2, 0) is 16.0 Å². The maximum Gasteiger partial charge on any atom is 0.233 e. The number of para-hydroxylation sites is 1. The number of benzene rings is 2. The number of rotatable bonds is 6. The first-order chi connectivity index (χ1) is 16.2. The van der Waals surface area contributed by atoms with E-state index in [0.29, 0.717) is 19.0 Å². The minimum Gasteiger partial charge on any atom is -0.378 e. The Morgan fingerprint density at radius 2 is 1.85 bits per heavy atom. The van der Waals surface area contributed by atoms with Crippen LogP contribution in [0.15, 0.2) is 59.8 Å². The molecule has 172 valence electrons. The molecule has 1 saturated heterocycles. The maximum atomic E-state index is 13.2. The van der Waals surface area contributed by atoms with E-state index in [4.69, 9.17) is 4.74 Å². The smallest absolute Gasteiger partial charge is 0.233 e. The lowest BCUT2D eigenvalue weighted by atomic mass is 9.87. The molecule has 0 N–H and O–H groups in total. The first kappa shape index (κ1) is 22.0. The molecule has 33 heavy (non-hydrogen) atoms. The van der Waals surface area contributed by atoms with Gasteiger partial charge in [-0.15, -0.1) is 10.2 Å². The van der Waals surface area contributed by atoms with Gasteiger partial charge in [-0.2, -0.15) is 0 Å². The zero-order valence-corrected chi connectivity index (χ0v) is 19.7. The second-order valence-corrected chi connectivity index (χ2v) is 9.40. The van der Waals surface area contributed by atoms with Crippen molar-refractivity contribution in [3.63, 3.8) is 0 Å². The molecule has 1 aliphatic heterocycles. The van der Waals surface area contributed by atoms with E-state index in [0.717, 1.165) is 49.1 Å². The summed E-state index contributed by atoms with van der Waals surface area (Å²) >= 11 is 1.45. The van der Waals surface area contributed by atoms with E-state index in [1.165, 1.54) is 22.9 Å². The lowest BCUT2D eigenvalue weighted by Crippen LogP contribution is -2.38. The highest BCUT2D eigenvalue weighted by atomic mass is 32.2. The highest BCUT2D eigenvalue weighted by Gasteiger charge is 2.27. The summed E-state index contributed by atoms with van der Waals surface area (Å²) in [5, 5.41) is 9.70. The number of anilines is 1. The van der Waals surface area contributed by atoms with Gasteiger partial charge in [-0.1, -0.05) is 54.2 Å². The lowest BCUT2D eigenvalue weighted by Gasteiger charge is -2.33. The normalized spacial score (nSPS) is 18.1. The molecule has 2 aromatic carbocycles. The van der Waals surface area contributed by atoms with Gasteiger partial charge in [-0.3, -0.25) is 9.36 Å². The third kappa shape index (κ3) is 4.63. The highest BCUT2D eigenvalue weighted by molar-refractivity contribution is 7.99. The number of amides is 1. The van der Waals surface area contributed by atoms with Gasteiger partial charge in [0.05, 0.1) is 30.7 Å². The van der Waals surface area contributed by atoms with E-state index >= 15 is 0 Å². The summed E-state index contributed by atoms with van der Waals surface area (Å²) in [7, 11) is 1.93. The average molecular weight is 464 g/mol. The Hall–Kier alpha value is -2.84. The van der Waals surface area contributed by atoms with Crippen molar-refractivity contribution in [3.05, 3.63) is 65.7 Å². The Morgan fingerprint density at radius 3 is 2.67 bits per heavy atom. The van der Waals surface area contributed by atoms with Crippen LogP contribution in [0.3, 0.4) is 0 Å². The van der Waals surface area contributed by atoms with Crippen LogP contribution in [0.2, 0.25) is 0 Å². The molecule has 0 unspecified atom stereocenters. The van der Waals surface area contributed by atoms with Gasteiger partial charge in [0, 0.05) is 20.1 Å². The standard InChI is InChI=1S/C25H29N5O2S/c1-28(22-13-7-9-19-8-5-6-12-21(19)22)23(31)18-33-25-27-26-24(29-14-16-32-17-15-29)30(25)20-10-3-2-4-11-20/h2-6,8,10-12,22H,7,9,13-18H2,1H3/t22-/m1/s1. The number of carbonyl (C=O) groups excluding carboxylic acids is 1. The first-order valence-electron chi connectivity index (χ1n) is 11.5. The zero-order valence-electron chi connectivity index (χ0n) is 18.9. The third-order valence-corrected chi connectivity index (χ3v) is 7.36. The molecule has 1 atom stereocenters. The van der Waals surface area contributed by atoms with E-state index in [9.17, 15) is 4.79 Å². The number of aryl methyl sites for hydroxylation is 1. The molecule has 0 saturated carbocycles. The van der Waals surface area contributed by atoms with Crippen LogP contribution in [0.1, 0.15) is 30.0 Å². The van der Waals surface area contributed by atoms with Crippen molar-refractivity contribution >= 4 is 23.6 Å². The number of nitrogens with zero attached hydrogens (tertiary/aromatic N) is 5. The monoisotopic (exact) mass is 463 g/mol. The number of thioether (sulfide) groups is 1. The van der Waals surface area contributed by atoms with Crippen molar-refractivity contribution < 1.29 is 9.53 Å². The fraction of sp³-hybridized carbons (Fsp3) is 0.400. The van der Waals surface area contributed by atoms with Crippen molar-refractivity contribution in [3.8, 4) is 5.69 Å². The topological polar surface area (TPSA) is 63.5 Å². The molecule has 2 aliphatic rings. The molecule has 0 radical (unpaired) electrons. The van der Waals surface area contributed by atoms with Crippen LogP contribution in [-0.4, -0.2) is 64.7 Å². The van der Waals surface area contributed by atoms with Crippen molar-refractivity contribution in [2.45, 2.75) is 30.5 Å². The molecule has 0 spiro atoms. The van der Waals surface area contributed by atoms with Gasteiger partial charge in [-0.25, -0.2) is 0 Å². The molecular weight excluding hydrogens is 434 g/mol. The molecule has 0 bridgehead atoms. The summed E-state index contributed by atoms with van der Waals surface area (Å²) < 4.78 is 7.56. The minimum absolute atomic E-state index is 0.109. The van der Waals surface area contributed by atoms with E-state index in [1.54, 1.807) is 0 Å². The van der Waals surface area contributed by atoms with Gasteiger partial charge in [0.1, 0.15) is 0 Å². The summed E-state index contributed by atoms with van der Waals surface area (Å²) in [6, 6.07) is 18.7. The Balaban J connectivity index is 1.34. The SMILES string of the molecule is CN(C(=O)CSc1nnc(N2CCOCC2)n1-c1ccccc1)[C@@H]1CCCc2ccccc21. The van der Waals surface area contributed by atoms with Crippen molar-refractivity contribution in [1.82, 2.24) is 19.7 Å². The van der Waals surface area contributed by atoms with Crippen molar-refractivity contribution in [2.24, 2.45) is 0 Å². The zero-order chi connectivity index (χ0) is 22.6. The molecule has 1 amide bonds. The number of ether oxygens (including phenoxy) is 1. The predicted octanol–water partition coefficient (Wildman–Crippen LogP) is 3.73. The van der Waals surface area contributed by atoms with Crippen LogP contribution < -0.4 is 4.90 Å². The van der Waals surface area contributed by atoms with Gasteiger partial charge in [0.2, 0.25) is 11.9 Å². The van der Waals surface area contributed by atoms with Crippen LogP contribution in [0.25, 0.3) is 5.69 Å². The van der Waals surface area contributed by atoms with E-state index in [2.05, 4.69) is 43.9 Å². The van der Waals surface area contributed by atoms with Crippen LogP contribution in [0.5, 0.6) is 0 Å². The van der Waals surface area contributed by atoms with E-state index < -0.39 is 0 Å². The number of morpholine rings is 1. The maximum absolute atomic E-state index is 13.2. The van der Waals surface area contributed by atoms with Gasteiger partial charge in [-0.05, 0) is 42.5 Å². The summed E-state index contributed by atoms with van der Waals surface area (Å²) in [6.07, 6.45) is 3.21. The molecule has 5 rings (SSSR count). The van der Waals surface area contributed by atoms with Gasteiger partial charge in [0.25, 0.3) is 0 Å². The second-order valence-electron chi connectivity index (χ2n) is 8.45. The fourth-order valence-corrected chi connectivity index (χ4v) is 5.53. The van der Waals surface area contributed by atoms with Crippen LogP contribution >= 0.6 is 11.8 Å². The fourth-order valence-electron chi connectivity index (χ4n) is 4.66. The molecule has 2 heterocycles. The van der Waals surface area contributed by atoms with E-state index in [-0.39, 0.29) is 11.9 Å². The quantitative estimate of drug-likeness (QED) is 0.519. The number of aromatic nitrogens is 3. The molecule has 3 aromatic rings. The summed E-state index contributed by atoms with van der Waals surface area (Å²) in [5.74, 6) is 1.23. The summed E-state index contributed by atoms with van der Waals surface area (Å²) in [4.78, 5) is 17.3. The van der Waals surface area contributed by atoms with E-state index in [1.807, 2.05) is 42.3 Å².